The highest BCUT2D eigenvalue weighted by atomic mass is 79.9. The predicted molar refractivity (Wildman–Crippen MR) is 69.2 cm³/mol. The normalized spacial score (nSPS) is 12.6. The van der Waals surface area contributed by atoms with E-state index in [-0.39, 0.29) is 17.9 Å². The molecule has 3 nitrogen and oxygen atoms in total. The van der Waals surface area contributed by atoms with E-state index in [4.69, 9.17) is 5.73 Å². The lowest BCUT2D eigenvalue weighted by atomic mass is 10.1. The Kier molecular flexibility index (Phi) is 5.08. The van der Waals surface area contributed by atoms with Crippen LogP contribution in [-0.4, -0.2) is 18.5 Å². The van der Waals surface area contributed by atoms with E-state index >= 15 is 0 Å². The van der Waals surface area contributed by atoms with Crippen LogP contribution in [0.1, 0.15) is 24.2 Å². The minimum atomic E-state index is -0.453. The molecular weight excluding hydrogens is 287 g/mol. The minimum absolute atomic E-state index is 0.0979. The molecule has 0 fully saturated rings. The number of carbonyl (C=O) groups is 1. The summed E-state index contributed by atoms with van der Waals surface area (Å²) in [7, 11) is 0. The van der Waals surface area contributed by atoms with Crippen molar-refractivity contribution < 1.29 is 9.18 Å². The van der Waals surface area contributed by atoms with Crippen molar-refractivity contribution in [2.45, 2.75) is 19.9 Å². The summed E-state index contributed by atoms with van der Waals surface area (Å²) in [6.07, 6.45) is 0. The topological polar surface area (TPSA) is 55.1 Å². The van der Waals surface area contributed by atoms with Crippen LogP contribution >= 0.6 is 15.9 Å². The SMILES string of the molecule is CC(C)C(N)CNC(=O)c1ccc(Br)c(F)c1. The second-order valence-corrected chi connectivity index (χ2v) is 5.10. The van der Waals surface area contributed by atoms with E-state index in [2.05, 4.69) is 21.2 Å². The van der Waals surface area contributed by atoms with Crippen molar-refractivity contribution in [3.05, 3.63) is 34.1 Å². The first-order valence-corrected chi connectivity index (χ1v) is 6.20. The molecule has 0 saturated carbocycles. The number of hydrogen-bond acceptors (Lipinski definition) is 2. The van der Waals surface area contributed by atoms with Crippen LogP contribution in [0.15, 0.2) is 22.7 Å². The van der Waals surface area contributed by atoms with Crippen molar-refractivity contribution in [1.29, 1.82) is 0 Å². The molecular formula is C12H16BrFN2O. The van der Waals surface area contributed by atoms with Crippen LogP contribution in [-0.2, 0) is 0 Å². The van der Waals surface area contributed by atoms with Gasteiger partial charge < -0.3 is 11.1 Å². The van der Waals surface area contributed by atoms with E-state index in [1.807, 2.05) is 13.8 Å². The van der Waals surface area contributed by atoms with Gasteiger partial charge in [0.05, 0.1) is 4.47 Å². The fourth-order valence-electron chi connectivity index (χ4n) is 1.19. The van der Waals surface area contributed by atoms with Gasteiger partial charge in [-0.15, -0.1) is 0 Å². The molecule has 0 aliphatic heterocycles. The fraction of sp³-hybridized carbons (Fsp3) is 0.417. The van der Waals surface area contributed by atoms with Crippen molar-refractivity contribution in [3.63, 3.8) is 0 Å². The molecule has 0 heterocycles. The molecule has 0 aromatic heterocycles. The van der Waals surface area contributed by atoms with Crippen LogP contribution < -0.4 is 11.1 Å². The van der Waals surface area contributed by atoms with Gasteiger partial charge in [-0.05, 0) is 40.0 Å². The number of halogens is 2. The standard InChI is InChI=1S/C12H16BrFN2O/c1-7(2)11(15)6-16-12(17)8-3-4-9(13)10(14)5-8/h3-5,7,11H,6,15H2,1-2H3,(H,16,17). The molecule has 17 heavy (non-hydrogen) atoms. The molecule has 0 saturated heterocycles. The van der Waals surface area contributed by atoms with E-state index in [0.29, 0.717) is 16.6 Å². The molecule has 5 heteroatoms. The van der Waals surface area contributed by atoms with E-state index < -0.39 is 5.82 Å². The molecule has 0 aliphatic rings. The van der Waals surface area contributed by atoms with Gasteiger partial charge in [0.15, 0.2) is 0 Å². The molecule has 0 spiro atoms. The van der Waals surface area contributed by atoms with Gasteiger partial charge >= 0.3 is 0 Å². The third-order valence-electron chi connectivity index (χ3n) is 2.54. The van der Waals surface area contributed by atoms with Gasteiger partial charge in [-0.25, -0.2) is 4.39 Å². The molecule has 1 aromatic rings. The molecule has 3 N–H and O–H groups in total. The highest BCUT2D eigenvalue weighted by molar-refractivity contribution is 9.10. The number of hydrogen-bond donors (Lipinski definition) is 2. The maximum atomic E-state index is 13.2. The van der Waals surface area contributed by atoms with Gasteiger partial charge in [0.1, 0.15) is 5.82 Å². The zero-order valence-electron chi connectivity index (χ0n) is 9.84. The first kappa shape index (κ1) is 14.1. The number of benzene rings is 1. The summed E-state index contributed by atoms with van der Waals surface area (Å²) in [5.41, 5.74) is 6.09. The Labute approximate surface area is 109 Å². The molecule has 1 aromatic carbocycles. The summed E-state index contributed by atoms with van der Waals surface area (Å²) in [6, 6.07) is 4.16. The Hall–Kier alpha value is -0.940. The van der Waals surface area contributed by atoms with E-state index in [9.17, 15) is 9.18 Å². The van der Waals surface area contributed by atoms with Gasteiger partial charge in [0.2, 0.25) is 0 Å². The maximum absolute atomic E-state index is 13.2. The van der Waals surface area contributed by atoms with Crippen LogP contribution in [0, 0.1) is 11.7 Å². The fourth-order valence-corrected chi connectivity index (χ4v) is 1.43. The molecule has 1 unspecified atom stereocenters. The predicted octanol–water partition coefficient (Wildman–Crippen LogP) is 2.30. The van der Waals surface area contributed by atoms with Crippen molar-refractivity contribution in [1.82, 2.24) is 5.32 Å². The van der Waals surface area contributed by atoms with E-state index in [1.165, 1.54) is 12.1 Å². The van der Waals surface area contributed by atoms with E-state index in [0.717, 1.165) is 0 Å². The molecule has 0 bridgehead atoms. The van der Waals surface area contributed by atoms with Crippen molar-refractivity contribution in [2.75, 3.05) is 6.54 Å². The molecule has 0 aliphatic carbocycles. The largest absolute Gasteiger partial charge is 0.350 e. The molecule has 0 radical (unpaired) electrons. The van der Waals surface area contributed by atoms with Gasteiger partial charge in [-0.2, -0.15) is 0 Å². The summed E-state index contributed by atoms with van der Waals surface area (Å²) in [5, 5.41) is 2.68. The van der Waals surface area contributed by atoms with Crippen LogP contribution in [0.2, 0.25) is 0 Å². The number of nitrogens with two attached hydrogens (primary N) is 1. The van der Waals surface area contributed by atoms with Crippen LogP contribution in [0.5, 0.6) is 0 Å². The number of nitrogens with one attached hydrogen (secondary N) is 1. The Morgan fingerprint density at radius 2 is 2.18 bits per heavy atom. The number of carbonyl (C=O) groups excluding carboxylic acids is 1. The average Bonchev–Trinajstić information content (AvgIpc) is 2.28. The maximum Gasteiger partial charge on any atom is 0.251 e. The minimum Gasteiger partial charge on any atom is -0.350 e. The average molecular weight is 303 g/mol. The Morgan fingerprint density at radius 1 is 1.53 bits per heavy atom. The third kappa shape index (κ3) is 4.09. The second kappa shape index (κ2) is 6.12. The van der Waals surface area contributed by atoms with Crippen molar-refractivity contribution in [2.24, 2.45) is 11.7 Å². The van der Waals surface area contributed by atoms with Gasteiger partial charge in [-0.3, -0.25) is 4.79 Å². The van der Waals surface area contributed by atoms with E-state index in [1.54, 1.807) is 6.07 Å². The Morgan fingerprint density at radius 3 is 2.71 bits per heavy atom. The monoisotopic (exact) mass is 302 g/mol. The zero-order valence-corrected chi connectivity index (χ0v) is 11.4. The van der Waals surface area contributed by atoms with Crippen LogP contribution in [0.4, 0.5) is 4.39 Å². The second-order valence-electron chi connectivity index (χ2n) is 4.25. The lowest BCUT2D eigenvalue weighted by Gasteiger charge is -2.16. The summed E-state index contributed by atoms with van der Waals surface area (Å²) in [6.45, 7) is 4.35. The van der Waals surface area contributed by atoms with Gasteiger partial charge in [-0.1, -0.05) is 13.8 Å². The highest BCUT2D eigenvalue weighted by Crippen LogP contribution is 2.16. The number of rotatable bonds is 4. The Balaban J connectivity index is 2.61. The van der Waals surface area contributed by atoms with Crippen molar-refractivity contribution >= 4 is 21.8 Å². The number of amides is 1. The van der Waals surface area contributed by atoms with Gasteiger partial charge in [0.25, 0.3) is 5.91 Å². The summed E-state index contributed by atoms with van der Waals surface area (Å²) >= 11 is 3.03. The highest BCUT2D eigenvalue weighted by Gasteiger charge is 2.12. The molecule has 1 rings (SSSR count). The molecule has 1 atom stereocenters. The van der Waals surface area contributed by atoms with Gasteiger partial charge in [0, 0.05) is 18.2 Å². The summed E-state index contributed by atoms with van der Waals surface area (Å²) < 4.78 is 13.6. The molecule has 1 amide bonds. The third-order valence-corrected chi connectivity index (χ3v) is 3.18. The Bertz CT molecular complexity index is 409. The zero-order chi connectivity index (χ0) is 13.0. The summed E-state index contributed by atoms with van der Waals surface area (Å²) in [4.78, 5) is 11.7. The smallest absolute Gasteiger partial charge is 0.251 e. The van der Waals surface area contributed by atoms with Crippen LogP contribution in [0.25, 0.3) is 0 Å². The van der Waals surface area contributed by atoms with Crippen LogP contribution in [0.3, 0.4) is 0 Å². The summed E-state index contributed by atoms with van der Waals surface area (Å²) in [5.74, 6) is -0.477. The quantitative estimate of drug-likeness (QED) is 0.897. The lowest BCUT2D eigenvalue weighted by molar-refractivity contribution is 0.0949. The lowest BCUT2D eigenvalue weighted by Crippen LogP contribution is -2.40. The first-order chi connectivity index (χ1) is 7.91. The first-order valence-electron chi connectivity index (χ1n) is 5.40. The van der Waals surface area contributed by atoms with Crippen molar-refractivity contribution in [3.8, 4) is 0 Å². The molecule has 94 valence electrons.